The minimum Gasteiger partial charge on any atom is -0.372 e. The number of allylic oxidation sites excluding steroid dienone is 2. The summed E-state index contributed by atoms with van der Waals surface area (Å²) in [6.07, 6.45) is 7.55. The van der Waals surface area contributed by atoms with Gasteiger partial charge in [-0.15, -0.1) is 0 Å². The van der Waals surface area contributed by atoms with Crippen LogP contribution in [0.5, 0.6) is 0 Å². The molecule has 0 radical (unpaired) electrons. The monoisotopic (exact) mass is 459 g/mol. The molecule has 2 saturated heterocycles. The van der Waals surface area contributed by atoms with E-state index in [2.05, 4.69) is 16.8 Å². The van der Waals surface area contributed by atoms with Gasteiger partial charge in [0.25, 0.3) is 0 Å². The van der Waals surface area contributed by atoms with Crippen molar-refractivity contribution in [2.75, 3.05) is 67.2 Å². The van der Waals surface area contributed by atoms with Crippen molar-refractivity contribution in [1.29, 1.82) is 0 Å². The maximum Gasteiger partial charge on any atom is 0.224 e. The Hall–Kier alpha value is -1.00. The SMILES string of the molecule is C=C/C=C\CC(Cl)(OCCC(=O)N(C)CC(OC)OC)N1CCC2(CC1)CNCCO2. The molecule has 178 valence electrons. The first-order valence-electron chi connectivity index (χ1n) is 10.9. The summed E-state index contributed by atoms with van der Waals surface area (Å²) in [6, 6.07) is 0. The molecule has 8 nitrogen and oxygen atoms in total. The third kappa shape index (κ3) is 7.82. The van der Waals surface area contributed by atoms with Crippen molar-refractivity contribution in [1.82, 2.24) is 15.1 Å². The first kappa shape index (κ1) is 26.3. The second kappa shape index (κ2) is 12.9. The number of piperidine rings is 1. The zero-order chi connectivity index (χ0) is 22.7. The number of morpholine rings is 1. The molecule has 2 fully saturated rings. The highest BCUT2D eigenvalue weighted by Gasteiger charge is 2.43. The number of halogens is 1. The Morgan fingerprint density at radius 2 is 2.10 bits per heavy atom. The molecule has 0 aromatic heterocycles. The van der Waals surface area contributed by atoms with Gasteiger partial charge in [-0.1, -0.05) is 36.4 Å². The number of nitrogens with zero attached hydrogens (tertiary/aromatic N) is 2. The molecule has 1 atom stereocenters. The molecule has 0 aromatic carbocycles. The predicted octanol–water partition coefficient (Wildman–Crippen LogP) is 1.95. The smallest absolute Gasteiger partial charge is 0.224 e. The van der Waals surface area contributed by atoms with E-state index in [0.29, 0.717) is 13.0 Å². The molecule has 2 aliphatic heterocycles. The lowest BCUT2D eigenvalue weighted by atomic mass is 9.89. The number of likely N-dealkylation sites (N-methyl/N-ethyl adjacent to an activating group) is 1. The summed E-state index contributed by atoms with van der Waals surface area (Å²) >= 11 is 6.97. The molecule has 1 spiro atoms. The average Bonchev–Trinajstić information content (AvgIpc) is 2.78. The number of methoxy groups -OCH3 is 2. The van der Waals surface area contributed by atoms with E-state index in [1.54, 1.807) is 32.2 Å². The summed E-state index contributed by atoms with van der Waals surface area (Å²) in [5.74, 6) is -0.0565. The Labute approximate surface area is 191 Å². The number of rotatable bonds is 12. The van der Waals surface area contributed by atoms with Crippen molar-refractivity contribution < 1.29 is 23.7 Å². The van der Waals surface area contributed by atoms with Gasteiger partial charge in [0.05, 0.1) is 31.8 Å². The van der Waals surface area contributed by atoms with E-state index in [0.717, 1.165) is 45.6 Å². The van der Waals surface area contributed by atoms with Gasteiger partial charge >= 0.3 is 0 Å². The van der Waals surface area contributed by atoms with Crippen LogP contribution in [0.3, 0.4) is 0 Å². The van der Waals surface area contributed by atoms with Crippen molar-refractivity contribution in [2.45, 2.75) is 42.8 Å². The molecule has 0 saturated carbocycles. The third-order valence-corrected chi connectivity index (χ3v) is 6.44. The van der Waals surface area contributed by atoms with E-state index in [4.69, 9.17) is 30.5 Å². The van der Waals surface area contributed by atoms with E-state index in [-0.39, 0.29) is 24.5 Å². The summed E-state index contributed by atoms with van der Waals surface area (Å²) in [5.41, 5.74) is -0.110. The van der Waals surface area contributed by atoms with Gasteiger partial charge in [-0.2, -0.15) is 0 Å². The predicted molar refractivity (Wildman–Crippen MR) is 121 cm³/mol. The van der Waals surface area contributed by atoms with Gasteiger partial charge in [-0.3, -0.25) is 9.69 Å². The van der Waals surface area contributed by atoms with Crippen molar-refractivity contribution in [3.8, 4) is 0 Å². The molecule has 1 N–H and O–H groups in total. The highest BCUT2D eigenvalue weighted by molar-refractivity contribution is 6.22. The van der Waals surface area contributed by atoms with Crippen molar-refractivity contribution in [2.24, 2.45) is 0 Å². The molecule has 9 heteroatoms. The number of amides is 1. The topological polar surface area (TPSA) is 72.5 Å². The van der Waals surface area contributed by atoms with Crippen LogP contribution in [0.4, 0.5) is 0 Å². The first-order valence-corrected chi connectivity index (χ1v) is 11.3. The molecule has 2 aliphatic rings. The normalized spacial score (nSPS) is 21.5. The van der Waals surface area contributed by atoms with E-state index in [1.807, 2.05) is 12.2 Å². The van der Waals surface area contributed by atoms with Gasteiger partial charge in [-0.05, 0) is 12.8 Å². The highest BCUT2D eigenvalue weighted by atomic mass is 35.5. The van der Waals surface area contributed by atoms with Crippen molar-refractivity contribution in [3.05, 3.63) is 24.8 Å². The molecule has 1 unspecified atom stereocenters. The van der Waals surface area contributed by atoms with E-state index < -0.39 is 11.5 Å². The number of carbonyl (C=O) groups is 1. The number of hydrogen-bond donors (Lipinski definition) is 1. The lowest BCUT2D eigenvalue weighted by Gasteiger charge is -2.48. The van der Waals surface area contributed by atoms with Gasteiger partial charge < -0.3 is 29.2 Å². The van der Waals surface area contributed by atoms with Crippen LogP contribution in [0.15, 0.2) is 24.8 Å². The second-order valence-corrected chi connectivity index (χ2v) is 8.62. The first-order chi connectivity index (χ1) is 14.9. The summed E-state index contributed by atoms with van der Waals surface area (Å²) < 4.78 is 22.5. The Balaban J connectivity index is 1.91. The van der Waals surface area contributed by atoms with Gasteiger partial charge in [-0.25, -0.2) is 0 Å². The van der Waals surface area contributed by atoms with Crippen LogP contribution < -0.4 is 5.32 Å². The minimum absolute atomic E-state index is 0.0565. The number of ether oxygens (including phenoxy) is 4. The number of hydrogen-bond acceptors (Lipinski definition) is 7. The van der Waals surface area contributed by atoms with Crippen LogP contribution in [0.2, 0.25) is 0 Å². The Morgan fingerprint density at radius 3 is 2.68 bits per heavy atom. The van der Waals surface area contributed by atoms with Crippen LogP contribution in [0.25, 0.3) is 0 Å². The maximum atomic E-state index is 12.5. The molecule has 2 rings (SSSR count). The second-order valence-electron chi connectivity index (χ2n) is 8.03. The van der Waals surface area contributed by atoms with Crippen LogP contribution in [-0.2, 0) is 23.7 Å². The molecular weight excluding hydrogens is 422 g/mol. The van der Waals surface area contributed by atoms with Crippen LogP contribution >= 0.6 is 11.6 Å². The van der Waals surface area contributed by atoms with E-state index in [1.165, 1.54) is 0 Å². The van der Waals surface area contributed by atoms with Crippen LogP contribution in [0.1, 0.15) is 25.7 Å². The van der Waals surface area contributed by atoms with Gasteiger partial charge in [0.2, 0.25) is 11.1 Å². The van der Waals surface area contributed by atoms with Gasteiger partial charge in [0.1, 0.15) is 0 Å². The number of carbonyl (C=O) groups excluding carboxylic acids is 1. The summed E-state index contributed by atoms with van der Waals surface area (Å²) in [6.45, 7) is 8.34. The lowest BCUT2D eigenvalue weighted by Crippen LogP contribution is -2.59. The fourth-order valence-electron chi connectivity index (χ4n) is 3.92. The minimum atomic E-state index is -1.01. The van der Waals surface area contributed by atoms with Gasteiger partial charge in [0, 0.05) is 53.9 Å². The van der Waals surface area contributed by atoms with E-state index in [9.17, 15) is 4.79 Å². The summed E-state index contributed by atoms with van der Waals surface area (Å²) in [5, 5.41) is 2.42. The fraction of sp³-hybridized carbons (Fsp3) is 0.773. The maximum absolute atomic E-state index is 12.5. The van der Waals surface area contributed by atoms with E-state index >= 15 is 0 Å². The largest absolute Gasteiger partial charge is 0.372 e. The number of likely N-dealkylation sites (tertiary alicyclic amines) is 1. The molecule has 1 amide bonds. The van der Waals surface area contributed by atoms with Crippen LogP contribution in [0, 0.1) is 0 Å². The fourth-order valence-corrected chi connectivity index (χ4v) is 4.26. The molecular formula is C22H38ClN3O5. The lowest BCUT2D eigenvalue weighted by molar-refractivity contribution is -0.155. The van der Waals surface area contributed by atoms with Crippen molar-refractivity contribution in [3.63, 3.8) is 0 Å². The molecule has 2 heterocycles. The summed E-state index contributed by atoms with van der Waals surface area (Å²) in [7, 11) is 4.81. The zero-order valence-corrected chi connectivity index (χ0v) is 19.9. The third-order valence-electron chi connectivity index (χ3n) is 5.94. The van der Waals surface area contributed by atoms with Crippen LogP contribution in [-0.4, -0.2) is 100.0 Å². The number of nitrogens with one attached hydrogen (secondary N) is 1. The highest BCUT2D eigenvalue weighted by Crippen LogP contribution is 2.35. The molecule has 31 heavy (non-hydrogen) atoms. The molecule has 0 aromatic rings. The van der Waals surface area contributed by atoms with Gasteiger partial charge in [0.15, 0.2) is 6.29 Å². The summed E-state index contributed by atoms with van der Waals surface area (Å²) in [4.78, 5) is 16.2. The average molecular weight is 460 g/mol. The van der Waals surface area contributed by atoms with Crippen molar-refractivity contribution >= 4 is 17.5 Å². The molecule has 0 aliphatic carbocycles. The standard InChI is InChI=1S/C22H38ClN3O5/c1-5-6-7-9-22(23,26-13-10-21(11-14-26)18-24-12-16-30-21)31-15-8-19(27)25(2)17-20(28-3)29-4/h5-7,20,24H,1,8-18H2,2-4H3/b7-6-. The Kier molecular flexibility index (Phi) is 10.9. The molecule has 0 bridgehead atoms. The Bertz CT molecular complexity index is 586. The Morgan fingerprint density at radius 1 is 1.39 bits per heavy atom. The number of alkyl halides is 1. The zero-order valence-electron chi connectivity index (χ0n) is 19.1. The quantitative estimate of drug-likeness (QED) is 0.207.